The fourth-order valence-corrected chi connectivity index (χ4v) is 3.73. The molecule has 1 N–H and O–H groups in total. The Morgan fingerprint density at radius 1 is 1.15 bits per heavy atom. The third-order valence-corrected chi connectivity index (χ3v) is 4.82. The zero-order chi connectivity index (χ0) is 13.8. The normalized spacial score (nSPS) is 16.6. The van der Waals surface area contributed by atoms with Gasteiger partial charge in [-0.15, -0.1) is 11.8 Å². The van der Waals surface area contributed by atoms with E-state index >= 15 is 0 Å². The predicted octanol–water partition coefficient (Wildman–Crippen LogP) is 3.36. The van der Waals surface area contributed by atoms with Crippen LogP contribution in [0.2, 0.25) is 0 Å². The molecule has 3 rings (SSSR count). The van der Waals surface area contributed by atoms with E-state index in [2.05, 4.69) is 35.7 Å². The van der Waals surface area contributed by atoms with Crippen LogP contribution in [-0.2, 0) is 13.0 Å². The molecule has 0 aliphatic carbocycles. The standard InChI is InChI=1S/C17H16N2S/c18-10-13-5-7-14(8-6-13)11-19-12-16-9-15-3-1-2-4-17(15)20-16/h1-8,16,19H,9,11-12H2. The Labute approximate surface area is 123 Å². The number of hydrogen-bond acceptors (Lipinski definition) is 3. The average molecular weight is 280 g/mol. The topological polar surface area (TPSA) is 35.8 Å². The number of nitriles is 1. The van der Waals surface area contributed by atoms with Crippen molar-refractivity contribution in [3.05, 3.63) is 65.2 Å². The van der Waals surface area contributed by atoms with Crippen molar-refractivity contribution in [1.82, 2.24) is 5.32 Å². The van der Waals surface area contributed by atoms with E-state index in [4.69, 9.17) is 5.26 Å². The van der Waals surface area contributed by atoms with Crippen LogP contribution < -0.4 is 5.32 Å². The number of benzene rings is 2. The SMILES string of the molecule is N#Cc1ccc(CNCC2Cc3ccccc3S2)cc1. The number of nitrogens with zero attached hydrogens (tertiary/aromatic N) is 1. The van der Waals surface area contributed by atoms with E-state index < -0.39 is 0 Å². The monoisotopic (exact) mass is 280 g/mol. The minimum Gasteiger partial charge on any atom is -0.312 e. The minimum atomic E-state index is 0.630. The van der Waals surface area contributed by atoms with Crippen LogP contribution in [0.15, 0.2) is 53.4 Å². The summed E-state index contributed by atoms with van der Waals surface area (Å²) in [5.74, 6) is 0. The summed E-state index contributed by atoms with van der Waals surface area (Å²) in [5, 5.41) is 12.9. The lowest BCUT2D eigenvalue weighted by Gasteiger charge is -2.10. The predicted molar refractivity (Wildman–Crippen MR) is 82.7 cm³/mol. The molecular weight excluding hydrogens is 264 g/mol. The summed E-state index contributed by atoms with van der Waals surface area (Å²) in [6, 6.07) is 18.6. The lowest BCUT2D eigenvalue weighted by atomic mass is 10.1. The Bertz CT molecular complexity index is 603. The fraction of sp³-hybridized carbons (Fsp3) is 0.235. The highest BCUT2D eigenvalue weighted by molar-refractivity contribution is 8.00. The molecule has 0 fully saturated rings. The molecule has 0 aromatic heterocycles. The maximum atomic E-state index is 8.77. The highest BCUT2D eigenvalue weighted by Crippen LogP contribution is 2.36. The van der Waals surface area contributed by atoms with Crippen LogP contribution in [0, 0.1) is 11.3 Å². The largest absolute Gasteiger partial charge is 0.312 e. The first-order valence-corrected chi connectivity index (χ1v) is 7.67. The lowest BCUT2D eigenvalue weighted by molar-refractivity contribution is 0.665. The van der Waals surface area contributed by atoms with Crippen molar-refractivity contribution in [2.24, 2.45) is 0 Å². The van der Waals surface area contributed by atoms with E-state index in [9.17, 15) is 0 Å². The van der Waals surface area contributed by atoms with Gasteiger partial charge in [0.2, 0.25) is 0 Å². The summed E-state index contributed by atoms with van der Waals surface area (Å²) < 4.78 is 0. The van der Waals surface area contributed by atoms with Gasteiger partial charge in [-0.2, -0.15) is 5.26 Å². The summed E-state index contributed by atoms with van der Waals surface area (Å²) in [7, 11) is 0. The first-order chi connectivity index (χ1) is 9.85. The quantitative estimate of drug-likeness (QED) is 0.932. The highest BCUT2D eigenvalue weighted by atomic mass is 32.2. The van der Waals surface area contributed by atoms with Gasteiger partial charge in [-0.25, -0.2) is 0 Å². The van der Waals surface area contributed by atoms with Gasteiger partial charge in [0.1, 0.15) is 0 Å². The van der Waals surface area contributed by atoms with E-state index in [1.165, 1.54) is 16.0 Å². The van der Waals surface area contributed by atoms with Crippen molar-refractivity contribution in [3.8, 4) is 6.07 Å². The number of nitrogens with one attached hydrogen (secondary N) is 1. The van der Waals surface area contributed by atoms with Crippen molar-refractivity contribution in [2.75, 3.05) is 6.54 Å². The molecule has 100 valence electrons. The van der Waals surface area contributed by atoms with Gasteiger partial charge in [0.15, 0.2) is 0 Å². The van der Waals surface area contributed by atoms with E-state index in [1.54, 1.807) is 0 Å². The van der Waals surface area contributed by atoms with Crippen LogP contribution in [-0.4, -0.2) is 11.8 Å². The van der Waals surface area contributed by atoms with Gasteiger partial charge in [-0.3, -0.25) is 0 Å². The first kappa shape index (κ1) is 13.2. The molecule has 0 saturated heterocycles. The van der Waals surface area contributed by atoms with Crippen LogP contribution >= 0.6 is 11.8 Å². The van der Waals surface area contributed by atoms with Crippen molar-refractivity contribution in [3.63, 3.8) is 0 Å². The van der Waals surface area contributed by atoms with E-state index in [-0.39, 0.29) is 0 Å². The Morgan fingerprint density at radius 3 is 2.70 bits per heavy atom. The summed E-state index contributed by atoms with van der Waals surface area (Å²) in [5.41, 5.74) is 3.42. The minimum absolute atomic E-state index is 0.630. The van der Waals surface area contributed by atoms with E-state index in [0.29, 0.717) is 5.25 Å². The average Bonchev–Trinajstić information content (AvgIpc) is 2.90. The van der Waals surface area contributed by atoms with Crippen LogP contribution in [0.25, 0.3) is 0 Å². The van der Waals surface area contributed by atoms with Crippen molar-refractivity contribution >= 4 is 11.8 Å². The van der Waals surface area contributed by atoms with Gasteiger partial charge in [0.25, 0.3) is 0 Å². The van der Waals surface area contributed by atoms with Gasteiger partial charge < -0.3 is 5.32 Å². The summed E-state index contributed by atoms with van der Waals surface area (Å²) in [6.45, 7) is 1.87. The molecule has 20 heavy (non-hydrogen) atoms. The number of fused-ring (bicyclic) bond motifs is 1. The Balaban J connectivity index is 1.48. The van der Waals surface area contributed by atoms with Gasteiger partial charge >= 0.3 is 0 Å². The van der Waals surface area contributed by atoms with Gasteiger partial charge in [0.05, 0.1) is 11.6 Å². The molecule has 0 amide bonds. The third-order valence-electron chi connectivity index (χ3n) is 3.50. The highest BCUT2D eigenvalue weighted by Gasteiger charge is 2.20. The molecule has 2 aromatic rings. The number of hydrogen-bond donors (Lipinski definition) is 1. The van der Waals surface area contributed by atoms with Crippen LogP contribution in [0.4, 0.5) is 0 Å². The molecule has 1 heterocycles. The Kier molecular flexibility index (Phi) is 4.05. The zero-order valence-electron chi connectivity index (χ0n) is 11.2. The molecule has 3 heteroatoms. The Hall–Kier alpha value is -1.76. The molecule has 1 aliphatic rings. The number of thioether (sulfide) groups is 1. The molecule has 1 atom stereocenters. The van der Waals surface area contributed by atoms with Crippen molar-refractivity contribution < 1.29 is 0 Å². The second-order valence-electron chi connectivity index (χ2n) is 4.99. The van der Waals surface area contributed by atoms with Crippen molar-refractivity contribution in [1.29, 1.82) is 5.26 Å². The fourth-order valence-electron chi connectivity index (χ4n) is 2.44. The first-order valence-electron chi connectivity index (χ1n) is 6.79. The van der Waals surface area contributed by atoms with E-state index in [0.717, 1.165) is 25.1 Å². The van der Waals surface area contributed by atoms with Crippen molar-refractivity contribution in [2.45, 2.75) is 23.1 Å². The zero-order valence-corrected chi connectivity index (χ0v) is 12.0. The molecule has 1 aliphatic heterocycles. The maximum Gasteiger partial charge on any atom is 0.0991 e. The molecular formula is C17H16N2S. The van der Waals surface area contributed by atoms with Gasteiger partial charge in [-0.05, 0) is 35.7 Å². The van der Waals surface area contributed by atoms with Crippen LogP contribution in [0.3, 0.4) is 0 Å². The smallest absolute Gasteiger partial charge is 0.0991 e. The molecule has 2 nitrogen and oxygen atoms in total. The molecule has 0 radical (unpaired) electrons. The summed E-state index contributed by atoms with van der Waals surface area (Å²) >= 11 is 1.97. The molecule has 0 bridgehead atoms. The second kappa shape index (κ2) is 6.13. The lowest BCUT2D eigenvalue weighted by Crippen LogP contribution is -2.23. The van der Waals surface area contributed by atoms with Crippen LogP contribution in [0.5, 0.6) is 0 Å². The van der Waals surface area contributed by atoms with Gasteiger partial charge in [0, 0.05) is 23.2 Å². The molecule has 0 saturated carbocycles. The van der Waals surface area contributed by atoms with Gasteiger partial charge in [-0.1, -0.05) is 30.3 Å². The molecule has 0 spiro atoms. The Morgan fingerprint density at radius 2 is 1.95 bits per heavy atom. The maximum absolute atomic E-state index is 8.77. The molecule has 1 unspecified atom stereocenters. The van der Waals surface area contributed by atoms with E-state index in [1.807, 2.05) is 36.0 Å². The second-order valence-corrected chi connectivity index (χ2v) is 6.33. The summed E-state index contributed by atoms with van der Waals surface area (Å²) in [4.78, 5) is 1.43. The number of rotatable bonds is 4. The molecule has 2 aromatic carbocycles. The van der Waals surface area contributed by atoms with Crippen LogP contribution in [0.1, 0.15) is 16.7 Å². The third kappa shape index (κ3) is 3.04. The summed E-state index contributed by atoms with van der Waals surface area (Å²) in [6.07, 6.45) is 1.15.